The fourth-order valence-electron chi connectivity index (χ4n) is 1.64. The monoisotopic (exact) mass is 295 g/mol. The van der Waals surface area contributed by atoms with E-state index in [1.165, 1.54) is 14.0 Å². The quantitative estimate of drug-likeness (QED) is 0.618. The normalized spacial score (nSPS) is 10.0. The van der Waals surface area contributed by atoms with E-state index in [2.05, 4.69) is 16.0 Å². The number of hydrogen-bond acceptors (Lipinski definition) is 5. The highest BCUT2D eigenvalue weighted by Crippen LogP contribution is 2.27. The van der Waals surface area contributed by atoms with E-state index in [-0.39, 0.29) is 18.4 Å². The number of benzene rings is 1. The van der Waals surface area contributed by atoms with Crippen LogP contribution in [0.1, 0.15) is 6.92 Å². The van der Waals surface area contributed by atoms with Crippen LogP contribution >= 0.6 is 0 Å². The zero-order valence-corrected chi connectivity index (χ0v) is 12.5. The number of nitrogens with one attached hydrogen (secondary N) is 3. The van der Waals surface area contributed by atoms with Crippen LogP contribution in [0.25, 0.3) is 0 Å². The molecule has 116 valence electrons. The Balaban J connectivity index is 2.59. The van der Waals surface area contributed by atoms with E-state index in [1.807, 2.05) is 0 Å². The molecule has 7 nitrogen and oxygen atoms in total. The molecule has 0 aliphatic heterocycles. The number of rotatable bonds is 8. The van der Waals surface area contributed by atoms with E-state index >= 15 is 0 Å². The molecule has 0 aromatic heterocycles. The molecule has 3 N–H and O–H groups in total. The highest BCUT2D eigenvalue weighted by molar-refractivity contribution is 5.94. The molecule has 0 aliphatic carbocycles. The molecule has 0 unspecified atom stereocenters. The van der Waals surface area contributed by atoms with Crippen molar-refractivity contribution in [2.45, 2.75) is 6.92 Å². The number of carbonyl (C=O) groups is 2. The first-order valence-electron chi connectivity index (χ1n) is 6.52. The maximum Gasteiger partial charge on any atom is 0.238 e. The fourth-order valence-corrected chi connectivity index (χ4v) is 1.64. The average Bonchev–Trinajstić information content (AvgIpc) is 2.44. The minimum Gasteiger partial charge on any atom is -0.494 e. The van der Waals surface area contributed by atoms with Crippen LogP contribution in [0.5, 0.6) is 5.75 Å². The first-order chi connectivity index (χ1) is 10.1. The molecular formula is C14H21N3O4. The first kappa shape index (κ1) is 16.9. The molecule has 0 saturated carbocycles. The van der Waals surface area contributed by atoms with Crippen molar-refractivity contribution in [2.24, 2.45) is 0 Å². The van der Waals surface area contributed by atoms with Gasteiger partial charge in [-0.2, -0.15) is 0 Å². The van der Waals surface area contributed by atoms with Gasteiger partial charge in [-0.25, -0.2) is 0 Å². The van der Waals surface area contributed by atoms with Crippen LogP contribution in [0, 0.1) is 0 Å². The van der Waals surface area contributed by atoms with Crippen LogP contribution in [0.2, 0.25) is 0 Å². The van der Waals surface area contributed by atoms with Crippen molar-refractivity contribution in [3.8, 4) is 5.75 Å². The third-order valence-electron chi connectivity index (χ3n) is 2.56. The van der Waals surface area contributed by atoms with E-state index in [0.29, 0.717) is 30.3 Å². The predicted molar refractivity (Wildman–Crippen MR) is 80.7 cm³/mol. The summed E-state index contributed by atoms with van der Waals surface area (Å²) in [5.41, 5.74) is 1.15. The lowest BCUT2D eigenvalue weighted by Crippen LogP contribution is -2.30. The van der Waals surface area contributed by atoms with Gasteiger partial charge in [0.15, 0.2) is 0 Å². The summed E-state index contributed by atoms with van der Waals surface area (Å²) in [6.45, 7) is 2.77. The Hall–Kier alpha value is -2.12. The SMILES string of the molecule is COCCNCC(=O)Nc1ccc(NC(C)=O)c(OC)c1. The minimum atomic E-state index is -0.188. The molecular weight excluding hydrogens is 274 g/mol. The van der Waals surface area contributed by atoms with Gasteiger partial charge in [0.05, 0.1) is 25.9 Å². The molecule has 1 aromatic carbocycles. The zero-order valence-electron chi connectivity index (χ0n) is 12.5. The number of methoxy groups -OCH3 is 2. The highest BCUT2D eigenvalue weighted by atomic mass is 16.5. The maximum atomic E-state index is 11.7. The second-order valence-corrected chi connectivity index (χ2v) is 4.31. The standard InChI is InChI=1S/C14H21N3O4/c1-10(18)16-12-5-4-11(8-13(12)21-3)17-14(19)9-15-6-7-20-2/h4-5,8,15H,6-7,9H2,1-3H3,(H,16,18)(H,17,19). The summed E-state index contributed by atoms with van der Waals surface area (Å²) < 4.78 is 10.1. The lowest BCUT2D eigenvalue weighted by atomic mass is 10.2. The molecule has 2 amide bonds. The van der Waals surface area contributed by atoms with Crippen molar-refractivity contribution in [3.63, 3.8) is 0 Å². The smallest absolute Gasteiger partial charge is 0.238 e. The third-order valence-corrected chi connectivity index (χ3v) is 2.56. The van der Waals surface area contributed by atoms with Crippen LogP contribution < -0.4 is 20.7 Å². The van der Waals surface area contributed by atoms with Crippen molar-refractivity contribution in [3.05, 3.63) is 18.2 Å². The van der Waals surface area contributed by atoms with Crippen LogP contribution in [0.4, 0.5) is 11.4 Å². The van der Waals surface area contributed by atoms with E-state index in [1.54, 1.807) is 25.3 Å². The highest BCUT2D eigenvalue weighted by Gasteiger charge is 2.08. The van der Waals surface area contributed by atoms with Crippen LogP contribution in [-0.4, -0.2) is 45.7 Å². The Morgan fingerprint density at radius 1 is 1.19 bits per heavy atom. The number of hydrogen-bond donors (Lipinski definition) is 3. The Morgan fingerprint density at radius 2 is 1.95 bits per heavy atom. The Labute approximate surface area is 124 Å². The molecule has 0 fully saturated rings. The average molecular weight is 295 g/mol. The molecule has 1 aromatic rings. The summed E-state index contributed by atoms with van der Waals surface area (Å²) in [6, 6.07) is 5.02. The molecule has 0 atom stereocenters. The van der Waals surface area contributed by atoms with E-state index in [0.717, 1.165) is 0 Å². The molecule has 0 saturated heterocycles. The molecule has 0 radical (unpaired) electrons. The van der Waals surface area contributed by atoms with Crippen molar-refractivity contribution in [1.29, 1.82) is 0 Å². The Kier molecular flexibility index (Phi) is 7.20. The summed E-state index contributed by atoms with van der Waals surface area (Å²) in [5.74, 6) is 0.128. The molecule has 1 rings (SSSR count). The van der Waals surface area contributed by atoms with Crippen molar-refractivity contribution in [1.82, 2.24) is 5.32 Å². The van der Waals surface area contributed by atoms with Crippen molar-refractivity contribution >= 4 is 23.2 Å². The Bertz CT molecular complexity index is 491. The van der Waals surface area contributed by atoms with Gasteiger partial charge in [-0.3, -0.25) is 9.59 Å². The number of carbonyl (C=O) groups excluding carboxylic acids is 2. The zero-order chi connectivity index (χ0) is 15.7. The van der Waals surface area contributed by atoms with Crippen LogP contribution in [0.15, 0.2) is 18.2 Å². The fraction of sp³-hybridized carbons (Fsp3) is 0.429. The number of ether oxygens (including phenoxy) is 2. The summed E-state index contributed by atoms with van der Waals surface area (Å²) in [6.07, 6.45) is 0. The van der Waals surface area contributed by atoms with Gasteiger partial charge in [0.25, 0.3) is 0 Å². The molecule has 7 heteroatoms. The summed E-state index contributed by atoms with van der Waals surface area (Å²) >= 11 is 0. The summed E-state index contributed by atoms with van der Waals surface area (Å²) in [4.78, 5) is 22.8. The van der Waals surface area contributed by atoms with Gasteiger partial charge in [0, 0.05) is 32.3 Å². The van der Waals surface area contributed by atoms with Gasteiger partial charge in [0.1, 0.15) is 5.75 Å². The second kappa shape index (κ2) is 8.93. The van der Waals surface area contributed by atoms with Crippen LogP contribution in [0.3, 0.4) is 0 Å². The van der Waals surface area contributed by atoms with Gasteiger partial charge in [-0.05, 0) is 12.1 Å². The van der Waals surface area contributed by atoms with Gasteiger partial charge in [0.2, 0.25) is 11.8 Å². The summed E-state index contributed by atoms with van der Waals surface area (Å²) in [5, 5.41) is 8.34. The molecule has 0 heterocycles. The lowest BCUT2D eigenvalue weighted by Gasteiger charge is -2.12. The molecule has 0 aliphatic rings. The van der Waals surface area contributed by atoms with Gasteiger partial charge in [-0.15, -0.1) is 0 Å². The topological polar surface area (TPSA) is 88.7 Å². The van der Waals surface area contributed by atoms with Crippen molar-refractivity contribution in [2.75, 3.05) is 44.5 Å². The van der Waals surface area contributed by atoms with E-state index < -0.39 is 0 Å². The minimum absolute atomic E-state index is 0.166. The van der Waals surface area contributed by atoms with Crippen molar-refractivity contribution < 1.29 is 19.1 Å². The number of amides is 2. The van der Waals surface area contributed by atoms with E-state index in [9.17, 15) is 9.59 Å². The third kappa shape index (κ3) is 6.24. The van der Waals surface area contributed by atoms with E-state index in [4.69, 9.17) is 9.47 Å². The van der Waals surface area contributed by atoms with Gasteiger partial charge >= 0.3 is 0 Å². The largest absolute Gasteiger partial charge is 0.494 e. The van der Waals surface area contributed by atoms with Gasteiger partial charge in [-0.1, -0.05) is 0 Å². The second-order valence-electron chi connectivity index (χ2n) is 4.31. The molecule has 21 heavy (non-hydrogen) atoms. The maximum absolute atomic E-state index is 11.7. The summed E-state index contributed by atoms with van der Waals surface area (Å²) in [7, 11) is 3.10. The number of anilines is 2. The first-order valence-corrected chi connectivity index (χ1v) is 6.52. The van der Waals surface area contributed by atoms with Crippen LogP contribution in [-0.2, 0) is 14.3 Å². The molecule has 0 spiro atoms. The van der Waals surface area contributed by atoms with Gasteiger partial charge < -0.3 is 25.4 Å². The Morgan fingerprint density at radius 3 is 2.57 bits per heavy atom. The lowest BCUT2D eigenvalue weighted by molar-refractivity contribution is -0.115. The molecule has 0 bridgehead atoms. The predicted octanol–water partition coefficient (Wildman–Crippen LogP) is 0.828.